The molecule has 0 bridgehead atoms. The molecule has 5 nitrogen and oxygen atoms in total. The van der Waals surface area contributed by atoms with E-state index in [4.69, 9.17) is 9.84 Å². The highest BCUT2D eigenvalue weighted by atomic mass is 32.2. The van der Waals surface area contributed by atoms with Crippen molar-refractivity contribution in [1.82, 2.24) is 5.32 Å². The Morgan fingerprint density at radius 3 is 2.57 bits per heavy atom. The van der Waals surface area contributed by atoms with Crippen molar-refractivity contribution in [3.8, 4) is 5.75 Å². The van der Waals surface area contributed by atoms with E-state index >= 15 is 0 Å². The summed E-state index contributed by atoms with van der Waals surface area (Å²) >= 11 is 1.92. The first kappa shape index (κ1) is 17.7. The second kappa shape index (κ2) is 9.45. The molecular weight excluding hydrogens is 314 g/mol. The molecule has 126 valence electrons. The van der Waals surface area contributed by atoms with Gasteiger partial charge in [-0.25, -0.2) is 0 Å². The Bertz CT molecular complexity index is 512. The van der Waals surface area contributed by atoms with Crippen molar-refractivity contribution in [2.75, 3.05) is 18.1 Å². The maximum atomic E-state index is 12.1. The zero-order valence-corrected chi connectivity index (χ0v) is 13.9. The zero-order chi connectivity index (χ0) is 16.5. The van der Waals surface area contributed by atoms with E-state index < -0.39 is 5.97 Å². The van der Waals surface area contributed by atoms with Crippen LogP contribution in [0.5, 0.6) is 5.75 Å². The standard InChI is InChI=1S/C17H23NO4S/c19-16(20)2-1-9-22-15-5-3-13(4-6-15)12-18-17(21)14-7-10-23-11-8-14/h3-6,14H,1-2,7-12H2,(H,18,21)(H,19,20). The minimum atomic E-state index is -0.809. The van der Waals surface area contributed by atoms with Gasteiger partial charge in [0, 0.05) is 18.9 Å². The Morgan fingerprint density at radius 1 is 1.22 bits per heavy atom. The first-order valence-electron chi connectivity index (χ1n) is 7.94. The Labute approximate surface area is 140 Å². The number of thioether (sulfide) groups is 1. The van der Waals surface area contributed by atoms with Crippen LogP contribution in [0.2, 0.25) is 0 Å². The summed E-state index contributed by atoms with van der Waals surface area (Å²) in [6.07, 6.45) is 2.55. The van der Waals surface area contributed by atoms with Gasteiger partial charge in [0.05, 0.1) is 6.61 Å². The van der Waals surface area contributed by atoms with Crippen molar-refractivity contribution < 1.29 is 19.4 Å². The smallest absolute Gasteiger partial charge is 0.303 e. The fourth-order valence-electron chi connectivity index (χ4n) is 2.41. The van der Waals surface area contributed by atoms with Gasteiger partial charge in [0.25, 0.3) is 0 Å². The van der Waals surface area contributed by atoms with Crippen LogP contribution in [0.4, 0.5) is 0 Å². The van der Waals surface area contributed by atoms with Crippen molar-refractivity contribution >= 4 is 23.6 Å². The van der Waals surface area contributed by atoms with Crippen LogP contribution in [0.1, 0.15) is 31.2 Å². The summed E-state index contributed by atoms with van der Waals surface area (Å²) in [6.45, 7) is 0.920. The topological polar surface area (TPSA) is 75.6 Å². The van der Waals surface area contributed by atoms with Gasteiger partial charge in [0.15, 0.2) is 0 Å². The molecule has 0 unspecified atom stereocenters. The second-order valence-corrected chi connectivity index (χ2v) is 6.82. The third kappa shape index (κ3) is 6.52. The van der Waals surface area contributed by atoms with E-state index in [0.29, 0.717) is 19.6 Å². The summed E-state index contributed by atoms with van der Waals surface area (Å²) in [5, 5.41) is 11.6. The number of hydrogen-bond donors (Lipinski definition) is 2. The second-order valence-electron chi connectivity index (χ2n) is 5.59. The van der Waals surface area contributed by atoms with Crippen LogP contribution in [-0.4, -0.2) is 35.1 Å². The molecule has 0 aromatic heterocycles. The van der Waals surface area contributed by atoms with E-state index in [1.165, 1.54) is 0 Å². The number of amides is 1. The van der Waals surface area contributed by atoms with Crippen molar-refractivity contribution in [3.63, 3.8) is 0 Å². The van der Waals surface area contributed by atoms with Gasteiger partial charge in [-0.1, -0.05) is 12.1 Å². The monoisotopic (exact) mass is 337 g/mol. The number of rotatable bonds is 8. The Morgan fingerprint density at radius 2 is 1.91 bits per heavy atom. The van der Waals surface area contributed by atoms with Crippen LogP contribution in [0.15, 0.2) is 24.3 Å². The molecule has 1 aliphatic heterocycles. The molecule has 0 saturated carbocycles. The number of hydrogen-bond acceptors (Lipinski definition) is 4. The minimum absolute atomic E-state index is 0.115. The van der Waals surface area contributed by atoms with Gasteiger partial charge in [-0.2, -0.15) is 11.8 Å². The fraction of sp³-hybridized carbons (Fsp3) is 0.529. The number of nitrogens with one attached hydrogen (secondary N) is 1. The van der Waals surface area contributed by atoms with E-state index in [0.717, 1.165) is 35.7 Å². The molecule has 0 radical (unpaired) electrons. The molecule has 1 saturated heterocycles. The largest absolute Gasteiger partial charge is 0.494 e. The van der Waals surface area contributed by atoms with Gasteiger partial charge >= 0.3 is 5.97 Å². The summed E-state index contributed by atoms with van der Waals surface area (Å²) in [6, 6.07) is 7.53. The minimum Gasteiger partial charge on any atom is -0.494 e. The molecule has 1 heterocycles. The molecule has 1 aliphatic rings. The van der Waals surface area contributed by atoms with Crippen LogP contribution >= 0.6 is 11.8 Å². The van der Waals surface area contributed by atoms with Crippen LogP contribution in [0.3, 0.4) is 0 Å². The highest BCUT2D eigenvalue weighted by Gasteiger charge is 2.20. The van der Waals surface area contributed by atoms with E-state index in [9.17, 15) is 9.59 Å². The first-order valence-corrected chi connectivity index (χ1v) is 9.09. The summed E-state index contributed by atoms with van der Waals surface area (Å²) in [4.78, 5) is 22.5. The quantitative estimate of drug-likeness (QED) is 0.713. The average molecular weight is 337 g/mol. The molecular formula is C17H23NO4S. The van der Waals surface area contributed by atoms with E-state index in [2.05, 4.69) is 5.32 Å². The Hall–Kier alpha value is -1.69. The Balaban J connectivity index is 1.69. The zero-order valence-electron chi connectivity index (χ0n) is 13.1. The first-order chi connectivity index (χ1) is 11.1. The van der Waals surface area contributed by atoms with Crippen molar-refractivity contribution in [1.29, 1.82) is 0 Å². The summed E-state index contributed by atoms with van der Waals surface area (Å²) in [7, 11) is 0. The van der Waals surface area contributed by atoms with Crippen LogP contribution < -0.4 is 10.1 Å². The van der Waals surface area contributed by atoms with Gasteiger partial charge < -0.3 is 15.2 Å². The average Bonchev–Trinajstić information content (AvgIpc) is 2.58. The van der Waals surface area contributed by atoms with Crippen LogP contribution in [0.25, 0.3) is 0 Å². The fourth-order valence-corrected chi connectivity index (χ4v) is 3.52. The van der Waals surface area contributed by atoms with Gasteiger partial charge in [0.1, 0.15) is 5.75 Å². The lowest BCUT2D eigenvalue weighted by Crippen LogP contribution is -2.32. The Kier molecular flexibility index (Phi) is 7.26. The van der Waals surface area contributed by atoms with Gasteiger partial charge in [-0.05, 0) is 48.5 Å². The third-order valence-corrected chi connectivity index (χ3v) is 4.83. The molecule has 0 aliphatic carbocycles. The number of carboxylic acids is 1. The molecule has 2 N–H and O–H groups in total. The number of ether oxygens (including phenoxy) is 1. The highest BCUT2D eigenvalue weighted by Crippen LogP contribution is 2.22. The van der Waals surface area contributed by atoms with Gasteiger partial charge in [-0.3, -0.25) is 9.59 Å². The summed E-state index contributed by atoms with van der Waals surface area (Å²) in [5.41, 5.74) is 1.03. The molecule has 1 amide bonds. The molecule has 1 fully saturated rings. The SMILES string of the molecule is O=C(O)CCCOc1ccc(CNC(=O)C2CCSCC2)cc1. The molecule has 2 rings (SSSR count). The van der Waals surface area contributed by atoms with Crippen molar-refractivity contribution in [2.45, 2.75) is 32.2 Å². The molecule has 0 spiro atoms. The maximum Gasteiger partial charge on any atom is 0.303 e. The predicted octanol–water partition coefficient (Wildman–Crippen LogP) is 2.69. The van der Waals surface area contributed by atoms with Crippen LogP contribution in [0, 0.1) is 5.92 Å². The number of carboxylic acid groups (broad SMARTS) is 1. The lowest BCUT2D eigenvalue weighted by molar-refractivity contribution is -0.137. The maximum absolute atomic E-state index is 12.1. The van der Waals surface area contributed by atoms with E-state index in [1.807, 2.05) is 36.0 Å². The number of carbonyl (C=O) groups is 2. The lowest BCUT2D eigenvalue weighted by atomic mass is 10.0. The third-order valence-electron chi connectivity index (χ3n) is 3.79. The van der Waals surface area contributed by atoms with Crippen LogP contribution in [-0.2, 0) is 16.1 Å². The summed E-state index contributed by atoms with van der Waals surface area (Å²) in [5.74, 6) is 2.37. The molecule has 1 aromatic rings. The molecule has 23 heavy (non-hydrogen) atoms. The molecule has 0 atom stereocenters. The highest BCUT2D eigenvalue weighted by molar-refractivity contribution is 7.99. The van der Waals surface area contributed by atoms with E-state index in [1.54, 1.807) is 0 Å². The number of aliphatic carboxylic acids is 1. The number of carbonyl (C=O) groups excluding carboxylic acids is 1. The normalized spacial score (nSPS) is 15.1. The lowest BCUT2D eigenvalue weighted by Gasteiger charge is -2.20. The van der Waals surface area contributed by atoms with E-state index in [-0.39, 0.29) is 18.2 Å². The molecule has 6 heteroatoms. The van der Waals surface area contributed by atoms with Gasteiger partial charge in [-0.15, -0.1) is 0 Å². The van der Waals surface area contributed by atoms with Crippen molar-refractivity contribution in [3.05, 3.63) is 29.8 Å². The van der Waals surface area contributed by atoms with Crippen molar-refractivity contribution in [2.24, 2.45) is 5.92 Å². The summed E-state index contributed by atoms with van der Waals surface area (Å²) < 4.78 is 5.48. The molecule has 1 aromatic carbocycles. The number of benzene rings is 1. The van der Waals surface area contributed by atoms with Gasteiger partial charge in [0.2, 0.25) is 5.91 Å². The predicted molar refractivity (Wildman–Crippen MR) is 90.7 cm³/mol.